The highest BCUT2D eigenvalue weighted by atomic mass is 19.1. The van der Waals surface area contributed by atoms with Gasteiger partial charge < -0.3 is 10.6 Å². The number of hydrogen-bond acceptors (Lipinski definition) is 2. The number of halogens is 2. The number of rotatable bonds is 7. The zero-order valence-electron chi connectivity index (χ0n) is 11.4. The largest absolute Gasteiger partial charge is 0.323 e. The minimum atomic E-state index is -0.558. The van der Waals surface area contributed by atoms with Crippen molar-refractivity contribution in [1.82, 2.24) is 4.90 Å². The van der Waals surface area contributed by atoms with Crippen LogP contribution in [0.15, 0.2) is 18.2 Å². The molecule has 2 nitrogen and oxygen atoms in total. The molecule has 106 valence electrons. The Labute approximate surface area is 113 Å². The fraction of sp³-hybridized carbons (Fsp3) is 0.600. The average Bonchev–Trinajstić information content (AvgIpc) is 3.12. The van der Waals surface area contributed by atoms with Gasteiger partial charge in [-0.3, -0.25) is 0 Å². The molecular weight excluding hydrogens is 246 g/mol. The first-order chi connectivity index (χ1) is 9.10. The first-order valence-corrected chi connectivity index (χ1v) is 7.03. The molecule has 19 heavy (non-hydrogen) atoms. The van der Waals surface area contributed by atoms with Crippen molar-refractivity contribution in [2.75, 3.05) is 19.6 Å². The van der Waals surface area contributed by atoms with Gasteiger partial charge in [-0.25, -0.2) is 8.78 Å². The summed E-state index contributed by atoms with van der Waals surface area (Å²) in [6.45, 7) is 4.79. The summed E-state index contributed by atoms with van der Waals surface area (Å²) in [5.74, 6) is -0.316. The second-order valence-corrected chi connectivity index (χ2v) is 5.48. The van der Waals surface area contributed by atoms with Crippen LogP contribution in [-0.2, 0) is 0 Å². The molecule has 2 rings (SSSR count). The van der Waals surface area contributed by atoms with Crippen molar-refractivity contribution in [3.8, 4) is 0 Å². The molecule has 1 aromatic carbocycles. The van der Waals surface area contributed by atoms with Crippen molar-refractivity contribution in [3.05, 3.63) is 35.4 Å². The predicted octanol–water partition coefficient (Wildman–Crippen LogP) is 3.09. The van der Waals surface area contributed by atoms with Crippen LogP contribution in [-0.4, -0.2) is 24.5 Å². The summed E-state index contributed by atoms with van der Waals surface area (Å²) in [5.41, 5.74) is 6.47. The van der Waals surface area contributed by atoms with E-state index in [9.17, 15) is 8.78 Å². The number of hydrogen-bond donors (Lipinski definition) is 1. The normalized spacial score (nSPS) is 16.9. The van der Waals surface area contributed by atoms with Gasteiger partial charge in [0.15, 0.2) is 0 Å². The Kier molecular flexibility index (Phi) is 4.88. The van der Waals surface area contributed by atoms with Crippen LogP contribution in [0.1, 0.15) is 37.8 Å². The van der Waals surface area contributed by atoms with Crippen molar-refractivity contribution in [1.29, 1.82) is 0 Å². The molecule has 0 amide bonds. The first-order valence-electron chi connectivity index (χ1n) is 7.03. The molecule has 0 spiro atoms. The molecule has 1 aliphatic carbocycles. The summed E-state index contributed by atoms with van der Waals surface area (Å²) in [4.78, 5) is 2.30. The van der Waals surface area contributed by atoms with E-state index >= 15 is 0 Å². The van der Waals surface area contributed by atoms with Gasteiger partial charge >= 0.3 is 0 Å². The Morgan fingerprint density at radius 3 is 2.68 bits per heavy atom. The smallest absolute Gasteiger partial charge is 0.130 e. The lowest BCUT2D eigenvalue weighted by atomic mass is 10.1. The van der Waals surface area contributed by atoms with Crippen LogP contribution in [0.25, 0.3) is 0 Å². The molecule has 4 heteroatoms. The van der Waals surface area contributed by atoms with E-state index in [1.54, 1.807) is 0 Å². The molecule has 0 heterocycles. The van der Waals surface area contributed by atoms with Gasteiger partial charge in [0.05, 0.1) is 0 Å². The maximum atomic E-state index is 13.7. The molecule has 0 radical (unpaired) electrons. The summed E-state index contributed by atoms with van der Waals surface area (Å²) in [6, 6.07) is 3.23. The fourth-order valence-corrected chi connectivity index (χ4v) is 2.42. The van der Waals surface area contributed by atoms with E-state index in [0.717, 1.165) is 31.5 Å². The van der Waals surface area contributed by atoms with E-state index in [0.29, 0.717) is 12.1 Å². The van der Waals surface area contributed by atoms with Gasteiger partial charge in [-0.15, -0.1) is 0 Å². The summed E-state index contributed by atoms with van der Waals surface area (Å²) in [7, 11) is 0. The fourth-order valence-electron chi connectivity index (χ4n) is 2.42. The van der Waals surface area contributed by atoms with Crippen LogP contribution < -0.4 is 5.73 Å². The third kappa shape index (κ3) is 4.25. The summed E-state index contributed by atoms with van der Waals surface area (Å²) in [5, 5.41) is 0. The van der Waals surface area contributed by atoms with Crippen LogP contribution in [0, 0.1) is 17.6 Å². The molecule has 1 atom stereocenters. The minimum absolute atomic E-state index is 0.397. The second-order valence-electron chi connectivity index (χ2n) is 5.48. The van der Waals surface area contributed by atoms with Gasteiger partial charge in [0.2, 0.25) is 0 Å². The highest BCUT2D eigenvalue weighted by Gasteiger charge is 2.25. The molecule has 0 aliphatic heterocycles. The lowest BCUT2D eigenvalue weighted by molar-refractivity contribution is 0.246. The summed E-state index contributed by atoms with van der Waals surface area (Å²) >= 11 is 0. The van der Waals surface area contributed by atoms with Gasteiger partial charge in [0, 0.05) is 30.8 Å². The number of benzene rings is 1. The SMILES string of the molecule is CCCN(CC1CC1)CC(N)c1ccc(F)cc1F. The highest BCUT2D eigenvalue weighted by molar-refractivity contribution is 5.22. The molecule has 1 fully saturated rings. The maximum Gasteiger partial charge on any atom is 0.130 e. The van der Waals surface area contributed by atoms with Crippen LogP contribution in [0.5, 0.6) is 0 Å². The second kappa shape index (κ2) is 6.44. The van der Waals surface area contributed by atoms with Crippen molar-refractivity contribution in [3.63, 3.8) is 0 Å². The van der Waals surface area contributed by atoms with E-state index in [2.05, 4.69) is 11.8 Å². The predicted molar refractivity (Wildman–Crippen MR) is 72.7 cm³/mol. The van der Waals surface area contributed by atoms with E-state index in [1.807, 2.05) is 0 Å². The van der Waals surface area contributed by atoms with Gasteiger partial charge in [0.25, 0.3) is 0 Å². The quantitative estimate of drug-likeness (QED) is 0.823. The molecule has 0 aromatic heterocycles. The topological polar surface area (TPSA) is 29.3 Å². The van der Waals surface area contributed by atoms with Gasteiger partial charge in [-0.2, -0.15) is 0 Å². The Morgan fingerprint density at radius 1 is 1.37 bits per heavy atom. The van der Waals surface area contributed by atoms with E-state index < -0.39 is 17.7 Å². The Hall–Kier alpha value is -1.00. The summed E-state index contributed by atoms with van der Waals surface area (Å²) < 4.78 is 26.6. The number of nitrogens with zero attached hydrogens (tertiary/aromatic N) is 1. The molecule has 0 bridgehead atoms. The van der Waals surface area contributed by atoms with Gasteiger partial charge in [-0.1, -0.05) is 13.0 Å². The molecule has 0 saturated heterocycles. The van der Waals surface area contributed by atoms with Crippen LogP contribution >= 0.6 is 0 Å². The molecule has 1 aliphatic rings. The Bertz CT molecular complexity index is 419. The van der Waals surface area contributed by atoms with Crippen molar-refractivity contribution >= 4 is 0 Å². The third-order valence-electron chi connectivity index (χ3n) is 3.57. The molecular formula is C15H22F2N2. The number of nitrogens with two attached hydrogens (primary N) is 1. The van der Waals surface area contributed by atoms with Crippen LogP contribution in [0.2, 0.25) is 0 Å². The first kappa shape index (κ1) is 14.4. The van der Waals surface area contributed by atoms with Crippen molar-refractivity contribution in [2.24, 2.45) is 11.7 Å². The standard InChI is InChI=1S/C15H22F2N2/c1-2-7-19(9-11-3-4-11)10-15(18)13-6-5-12(16)8-14(13)17/h5-6,8,11,15H,2-4,7,9-10,18H2,1H3. The molecule has 1 saturated carbocycles. The Balaban J connectivity index is 1.98. The highest BCUT2D eigenvalue weighted by Crippen LogP contribution is 2.30. The van der Waals surface area contributed by atoms with Crippen LogP contribution in [0.4, 0.5) is 8.78 Å². The molecule has 2 N–H and O–H groups in total. The van der Waals surface area contributed by atoms with E-state index in [4.69, 9.17) is 5.73 Å². The Morgan fingerprint density at radius 2 is 2.11 bits per heavy atom. The average molecular weight is 268 g/mol. The van der Waals surface area contributed by atoms with Crippen LogP contribution in [0.3, 0.4) is 0 Å². The zero-order chi connectivity index (χ0) is 13.8. The minimum Gasteiger partial charge on any atom is -0.323 e. The van der Waals surface area contributed by atoms with E-state index in [-0.39, 0.29) is 0 Å². The monoisotopic (exact) mass is 268 g/mol. The maximum absolute atomic E-state index is 13.7. The van der Waals surface area contributed by atoms with E-state index in [1.165, 1.54) is 25.0 Å². The molecule has 1 aromatic rings. The summed E-state index contributed by atoms with van der Waals surface area (Å²) in [6.07, 6.45) is 3.64. The third-order valence-corrected chi connectivity index (χ3v) is 3.57. The van der Waals surface area contributed by atoms with Gasteiger partial charge in [-0.05, 0) is 37.8 Å². The lowest BCUT2D eigenvalue weighted by Crippen LogP contribution is -2.34. The van der Waals surface area contributed by atoms with Gasteiger partial charge in [0.1, 0.15) is 11.6 Å². The van der Waals surface area contributed by atoms with Crippen molar-refractivity contribution in [2.45, 2.75) is 32.2 Å². The van der Waals surface area contributed by atoms with Crippen molar-refractivity contribution < 1.29 is 8.78 Å². The molecule has 1 unspecified atom stereocenters. The lowest BCUT2D eigenvalue weighted by Gasteiger charge is -2.25. The zero-order valence-corrected chi connectivity index (χ0v) is 11.4.